The Balaban J connectivity index is 1.80. The van der Waals surface area contributed by atoms with Crippen LogP contribution in [0.1, 0.15) is 64.7 Å². The number of rotatable bonds is 3. The minimum Gasteiger partial charge on any atom is -0.343 e. The predicted octanol–water partition coefficient (Wildman–Crippen LogP) is 2.69. The average molecular weight is 252 g/mol. The maximum atomic E-state index is 12.1. The zero-order chi connectivity index (χ0) is 13.0. The van der Waals surface area contributed by atoms with Crippen molar-refractivity contribution in [3.05, 3.63) is 0 Å². The first-order valence-corrected chi connectivity index (χ1v) is 7.68. The van der Waals surface area contributed by atoms with Gasteiger partial charge >= 0.3 is 0 Å². The van der Waals surface area contributed by atoms with Crippen LogP contribution in [-0.2, 0) is 4.79 Å². The normalized spacial score (nSPS) is 25.1. The summed E-state index contributed by atoms with van der Waals surface area (Å²) in [6.45, 7) is 3.98. The second-order valence-corrected chi connectivity index (χ2v) is 6.31. The molecule has 0 aromatic carbocycles. The summed E-state index contributed by atoms with van der Waals surface area (Å²) in [5, 5.41) is 0. The molecule has 1 amide bonds. The summed E-state index contributed by atoms with van der Waals surface area (Å²) in [7, 11) is 0. The lowest BCUT2D eigenvalue weighted by atomic mass is 9.68. The molecule has 0 aromatic rings. The van der Waals surface area contributed by atoms with Gasteiger partial charge in [-0.25, -0.2) is 0 Å². The maximum Gasteiger partial charge on any atom is 0.224 e. The molecular formula is C15H28N2O. The van der Waals surface area contributed by atoms with E-state index in [1.165, 1.54) is 44.9 Å². The molecule has 3 nitrogen and oxygen atoms in total. The van der Waals surface area contributed by atoms with E-state index in [1.54, 1.807) is 0 Å². The minimum atomic E-state index is 0.0445. The second kappa shape index (κ2) is 6.05. The summed E-state index contributed by atoms with van der Waals surface area (Å²) >= 11 is 0. The first kappa shape index (κ1) is 13.9. The topological polar surface area (TPSA) is 46.3 Å². The molecule has 18 heavy (non-hydrogen) atoms. The monoisotopic (exact) mass is 252 g/mol. The Hall–Kier alpha value is -0.570. The summed E-state index contributed by atoms with van der Waals surface area (Å²) in [6, 6.07) is 0.0445. The van der Waals surface area contributed by atoms with Crippen molar-refractivity contribution in [1.29, 1.82) is 0 Å². The fourth-order valence-electron chi connectivity index (χ4n) is 3.53. The minimum absolute atomic E-state index is 0.0445. The van der Waals surface area contributed by atoms with Crippen LogP contribution in [0.3, 0.4) is 0 Å². The van der Waals surface area contributed by atoms with Gasteiger partial charge in [0.05, 0.1) is 0 Å². The van der Waals surface area contributed by atoms with Gasteiger partial charge in [0.25, 0.3) is 0 Å². The molecule has 3 heteroatoms. The number of carbonyl (C=O) groups is 1. The predicted molar refractivity (Wildman–Crippen MR) is 74.2 cm³/mol. The van der Waals surface area contributed by atoms with Crippen LogP contribution in [0.25, 0.3) is 0 Å². The van der Waals surface area contributed by atoms with Crippen LogP contribution in [-0.4, -0.2) is 29.9 Å². The fraction of sp³-hybridized carbons (Fsp3) is 0.933. The van der Waals surface area contributed by atoms with Crippen molar-refractivity contribution in [2.75, 3.05) is 13.1 Å². The van der Waals surface area contributed by atoms with Crippen LogP contribution in [0.5, 0.6) is 0 Å². The Kier molecular flexibility index (Phi) is 4.66. The quantitative estimate of drug-likeness (QED) is 0.839. The van der Waals surface area contributed by atoms with Crippen LogP contribution in [0, 0.1) is 5.41 Å². The van der Waals surface area contributed by atoms with Crippen molar-refractivity contribution in [3.63, 3.8) is 0 Å². The molecule has 2 N–H and O–H groups in total. The third kappa shape index (κ3) is 3.25. The summed E-state index contributed by atoms with van der Waals surface area (Å²) in [5.41, 5.74) is 6.45. The highest BCUT2D eigenvalue weighted by molar-refractivity contribution is 5.76. The highest BCUT2D eigenvalue weighted by Crippen LogP contribution is 2.44. The zero-order valence-corrected chi connectivity index (χ0v) is 11.8. The molecule has 0 radical (unpaired) electrons. The lowest BCUT2D eigenvalue weighted by Crippen LogP contribution is -2.45. The van der Waals surface area contributed by atoms with Crippen LogP contribution in [0.4, 0.5) is 0 Å². The number of nitrogens with two attached hydrogens (primary N) is 1. The van der Waals surface area contributed by atoms with Gasteiger partial charge in [0.2, 0.25) is 5.91 Å². The van der Waals surface area contributed by atoms with Crippen LogP contribution < -0.4 is 5.73 Å². The average Bonchev–Trinajstić information content (AvgIpc) is 2.40. The largest absolute Gasteiger partial charge is 0.343 e. The van der Waals surface area contributed by atoms with Gasteiger partial charge in [-0.05, 0) is 37.5 Å². The number of likely N-dealkylation sites (tertiary alicyclic amines) is 1. The number of nitrogens with zero attached hydrogens (tertiary/aromatic N) is 1. The zero-order valence-electron chi connectivity index (χ0n) is 11.8. The highest BCUT2D eigenvalue weighted by Gasteiger charge is 2.36. The van der Waals surface area contributed by atoms with Crippen LogP contribution in [0.2, 0.25) is 0 Å². The number of amides is 1. The standard InChI is InChI=1S/C15H28N2O/c1-2-13(16)12-14(18)17-10-8-15(9-11-17)6-4-3-5-7-15/h13H,2-12,16H2,1H3. The Morgan fingerprint density at radius 2 is 1.78 bits per heavy atom. The van der Waals surface area contributed by atoms with Gasteiger partial charge in [-0.15, -0.1) is 0 Å². The van der Waals surface area contributed by atoms with Crippen molar-refractivity contribution in [2.24, 2.45) is 11.1 Å². The van der Waals surface area contributed by atoms with Gasteiger partial charge in [-0.1, -0.05) is 26.2 Å². The molecule has 2 fully saturated rings. The number of piperidine rings is 1. The van der Waals surface area contributed by atoms with Gasteiger partial charge in [0.1, 0.15) is 0 Å². The van der Waals surface area contributed by atoms with Gasteiger partial charge in [-0.3, -0.25) is 4.79 Å². The van der Waals surface area contributed by atoms with E-state index in [0.717, 1.165) is 19.5 Å². The Labute approximate surface area is 111 Å². The molecule has 1 atom stereocenters. The van der Waals surface area contributed by atoms with Crippen molar-refractivity contribution in [3.8, 4) is 0 Å². The van der Waals surface area contributed by atoms with Gasteiger partial charge in [-0.2, -0.15) is 0 Å². The molecule has 1 heterocycles. The number of hydrogen-bond acceptors (Lipinski definition) is 2. The molecule has 2 aliphatic rings. The Morgan fingerprint density at radius 1 is 1.17 bits per heavy atom. The molecular weight excluding hydrogens is 224 g/mol. The molecule has 1 unspecified atom stereocenters. The SMILES string of the molecule is CCC(N)CC(=O)N1CCC2(CCCCC2)CC1. The van der Waals surface area contributed by atoms with E-state index < -0.39 is 0 Å². The van der Waals surface area contributed by atoms with E-state index in [9.17, 15) is 4.79 Å². The van der Waals surface area contributed by atoms with E-state index in [-0.39, 0.29) is 11.9 Å². The fourth-order valence-corrected chi connectivity index (χ4v) is 3.53. The Bertz CT molecular complexity index is 274. The first-order valence-electron chi connectivity index (χ1n) is 7.68. The van der Waals surface area contributed by atoms with E-state index in [4.69, 9.17) is 5.73 Å². The number of carbonyl (C=O) groups excluding carboxylic acids is 1. The van der Waals surface area contributed by atoms with Gasteiger partial charge < -0.3 is 10.6 Å². The highest BCUT2D eigenvalue weighted by atomic mass is 16.2. The van der Waals surface area contributed by atoms with E-state index in [2.05, 4.69) is 4.90 Å². The van der Waals surface area contributed by atoms with Gasteiger partial charge in [0, 0.05) is 25.6 Å². The lowest BCUT2D eigenvalue weighted by molar-refractivity contribution is -0.134. The first-order chi connectivity index (χ1) is 8.65. The molecule has 1 saturated heterocycles. The summed E-state index contributed by atoms with van der Waals surface area (Å²) < 4.78 is 0. The molecule has 1 aliphatic heterocycles. The maximum absolute atomic E-state index is 12.1. The van der Waals surface area contributed by atoms with E-state index >= 15 is 0 Å². The van der Waals surface area contributed by atoms with Crippen LogP contribution in [0.15, 0.2) is 0 Å². The summed E-state index contributed by atoms with van der Waals surface area (Å²) in [6.07, 6.45) is 10.9. The van der Waals surface area contributed by atoms with E-state index in [0.29, 0.717) is 11.8 Å². The molecule has 2 rings (SSSR count). The summed E-state index contributed by atoms with van der Waals surface area (Å²) in [4.78, 5) is 14.1. The molecule has 0 aromatic heterocycles. The summed E-state index contributed by atoms with van der Waals surface area (Å²) in [5.74, 6) is 0.273. The van der Waals surface area contributed by atoms with Crippen molar-refractivity contribution in [1.82, 2.24) is 4.90 Å². The van der Waals surface area contributed by atoms with Gasteiger partial charge in [0.15, 0.2) is 0 Å². The third-order valence-corrected chi connectivity index (χ3v) is 5.05. The number of hydrogen-bond donors (Lipinski definition) is 1. The molecule has 104 valence electrons. The molecule has 1 spiro atoms. The van der Waals surface area contributed by atoms with Crippen LogP contribution >= 0.6 is 0 Å². The van der Waals surface area contributed by atoms with Crippen molar-refractivity contribution >= 4 is 5.91 Å². The lowest BCUT2D eigenvalue weighted by Gasteiger charge is -2.44. The van der Waals surface area contributed by atoms with E-state index in [1.807, 2.05) is 6.92 Å². The second-order valence-electron chi connectivity index (χ2n) is 6.31. The smallest absolute Gasteiger partial charge is 0.224 e. The molecule has 0 bridgehead atoms. The van der Waals surface area contributed by atoms with Crippen molar-refractivity contribution < 1.29 is 4.79 Å². The van der Waals surface area contributed by atoms with Crippen molar-refractivity contribution in [2.45, 2.75) is 70.8 Å². The molecule has 1 saturated carbocycles. The molecule has 1 aliphatic carbocycles. The third-order valence-electron chi connectivity index (χ3n) is 5.05. The Morgan fingerprint density at radius 3 is 2.33 bits per heavy atom.